The quantitative estimate of drug-likeness (QED) is 0.525. The predicted octanol–water partition coefficient (Wildman–Crippen LogP) is 0.915. The van der Waals surface area contributed by atoms with E-state index in [9.17, 15) is 4.79 Å². The van der Waals surface area contributed by atoms with Gasteiger partial charge in [0.15, 0.2) is 0 Å². The molecule has 9 heteroatoms. The van der Waals surface area contributed by atoms with E-state index in [1.54, 1.807) is 12.4 Å². The third kappa shape index (κ3) is 4.30. The first kappa shape index (κ1) is 23.5. The van der Waals surface area contributed by atoms with E-state index in [2.05, 4.69) is 20.2 Å². The summed E-state index contributed by atoms with van der Waals surface area (Å²) in [4.78, 5) is 23.9. The van der Waals surface area contributed by atoms with Crippen LogP contribution >= 0.6 is 0 Å². The average molecular weight is 463 g/mol. The maximum absolute atomic E-state index is 12.7. The van der Waals surface area contributed by atoms with Gasteiger partial charge in [-0.3, -0.25) is 4.98 Å². The number of benzene rings is 1. The number of carbonyl (C=O) groups excluding carboxylic acids is 1. The number of anilines is 1. The fourth-order valence-corrected chi connectivity index (χ4v) is 5.49. The van der Waals surface area contributed by atoms with Crippen molar-refractivity contribution in [2.24, 2.45) is 0 Å². The van der Waals surface area contributed by atoms with Crippen LogP contribution in [-0.4, -0.2) is 39.3 Å². The number of nitrogens with one attached hydrogen (secondary N) is 1. The van der Waals surface area contributed by atoms with E-state index in [4.69, 9.17) is 22.1 Å². The van der Waals surface area contributed by atoms with Gasteiger partial charge in [0.05, 0.1) is 6.20 Å². The summed E-state index contributed by atoms with van der Waals surface area (Å²) in [7, 11) is 0. The van der Waals surface area contributed by atoms with Gasteiger partial charge in [-0.2, -0.15) is 0 Å². The number of hydrogen-bond acceptors (Lipinski definition) is 7. The van der Waals surface area contributed by atoms with Crippen LogP contribution in [0.25, 0.3) is 0 Å². The maximum atomic E-state index is 12.7. The summed E-state index contributed by atoms with van der Waals surface area (Å²) < 4.78 is 12.2. The van der Waals surface area contributed by atoms with E-state index in [1.165, 1.54) is 0 Å². The number of piperidine rings is 1. The Morgan fingerprint density at radius 1 is 1.19 bits per heavy atom. The number of rotatable bonds is 2. The van der Waals surface area contributed by atoms with Gasteiger partial charge in [0, 0.05) is 36.7 Å². The molecule has 4 atom stereocenters. The van der Waals surface area contributed by atoms with Crippen molar-refractivity contribution in [3.63, 3.8) is 0 Å². The topological polar surface area (TPSA) is 76.6 Å². The van der Waals surface area contributed by atoms with Crippen molar-refractivity contribution in [3.8, 4) is 5.75 Å². The molecule has 7 nitrogen and oxygen atoms in total. The molecule has 0 radical (unpaired) electrons. The summed E-state index contributed by atoms with van der Waals surface area (Å²) in [6.07, 6.45) is 6.69. The van der Waals surface area contributed by atoms with Crippen molar-refractivity contribution in [1.29, 1.82) is 0 Å². The van der Waals surface area contributed by atoms with E-state index in [1.807, 2.05) is 45.0 Å². The molecule has 3 aliphatic heterocycles. The van der Waals surface area contributed by atoms with E-state index in [0.29, 0.717) is 5.03 Å². The van der Waals surface area contributed by atoms with Crippen LogP contribution < -0.4 is 44.5 Å². The number of aromatic nitrogens is 2. The number of fused-ring (bicyclic) bond motifs is 3. The zero-order valence-electron chi connectivity index (χ0n) is 19.0. The van der Waals surface area contributed by atoms with Gasteiger partial charge < -0.3 is 32.3 Å². The van der Waals surface area contributed by atoms with Crippen molar-refractivity contribution < 1.29 is 43.8 Å². The van der Waals surface area contributed by atoms with Crippen LogP contribution in [0.3, 0.4) is 0 Å². The minimum atomic E-state index is -0.561. The number of carbonyl (C=O) groups is 1. The van der Waals surface area contributed by atoms with Crippen LogP contribution in [0.4, 0.5) is 10.6 Å². The van der Waals surface area contributed by atoms with Gasteiger partial charge in [-0.1, -0.05) is 23.2 Å². The van der Waals surface area contributed by atoms with Crippen molar-refractivity contribution in [2.75, 3.05) is 4.90 Å². The van der Waals surface area contributed by atoms with Gasteiger partial charge in [0.2, 0.25) is 0 Å². The molecule has 1 N–H and O–H groups in total. The Hall–Kier alpha value is -1.61. The van der Waals surface area contributed by atoms with Crippen LogP contribution in [0.2, 0.25) is 0 Å². The third-order valence-corrected chi connectivity index (χ3v) is 6.60. The van der Waals surface area contributed by atoms with Gasteiger partial charge in [-0.25, -0.2) is 9.78 Å². The number of hydrogen-bond donors (Lipinski definition) is 1. The van der Waals surface area contributed by atoms with Gasteiger partial charge >= 0.3 is 35.7 Å². The number of ether oxygens (including phenoxy) is 2. The van der Waals surface area contributed by atoms with Crippen LogP contribution in [0.5, 0.6) is 5.75 Å². The van der Waals surface area contributed by atoms with Crippen molar-refractivity contribution in [1.82, 2.24) is 15.3 Å². The van der Waals surface area contributed by atoms with Crippen LogP contribution in [-0.2, 0) is 17.4 Å². The molecule has 4 heterocycles. The molecule has 3 aliphatic rings. The van der Waals surface area contributed by atoms with Crippen molar-refractivity contribution in [3.05, 3.63) is 42.2 Å². The molecule has 5 rings (SSSR count). The summed E-state index contributed by atoms with van der Waals surface area (Å²) in [6.45, 7) is 5.61. The normalized spacial score (nSPS) is 28.0. The van der Waals surface area contributed by atoms with Gasteiger partial charge in [0.25, 0.3) is 0 Å². The second-order valence-corrected chi connectivity index (χ2v) is 10.1. The first-order valence-electron chi connectivity index (χ1n) is 10.8. The molecule has 32 heavy (non-hydrogen) atoms. The average Bonchev–Trinajstić information content (AvgIpc) is 3.13. The van der Waals surface area contributed by atoms with E-state index < -0.39 is 17.3 Å². The van der Waals surface area contributed by atoms with Gasteiger partial charge in [-0.15, -0.1) is 0 Å². The SMILES string of the molecule is CC(C)(C)OC(=O)N[C@@H]1c2ccccc2OC12C[C@H]1CC[C@@H](C2)N1c1cnc([S-])cn1.[Na+]. The molecular weight excluding hydrogens is 435 g/mol. The number of para-hydroxylation sites is 1. The maximum Gasteiger partial charge on any atom is 1.00 e. The van der Waals surface area contributed by atoms with Crippen LogP contribution in [0, 0.1) is 0 Å². The van der Waals surface area contributed by atoms with Crippen molar-refractivity contribution in [2.45, 2.75) is 80.8 Å². The Labute approximate surface area is 216 Å². The first-order chi connectivity index (χ1) is 14.7. The molecule has 2 fully saturated rings. The molecule has 2 bridgehead atoms. The second-order valence-electron chi connectivity index (χ2n) is 9.70. The monoisotopic (exact) mass is 462 g/mol. The molecular formula is C23H27N4NaO3S. The molecule has 1 spiro atoms. The summed E-state index contributed by atoms with van der Waals surface area (Å²) in [5.41, 5.74) is -0.0564. The number of amides is 1. The molecule has 1 aromatic heterocycles. The van der Waals surface area contributed by atoms with Crippen LogP contribution in [0.1, 0.15) is 58.1 Å². The summed E-state index contributed by atoms with van der Waals surface area (Å²) in [6, 6.07) is 8.25. The number of alkyl carbamates (subject to hydrolysis) is 1. The van der Waals surface area contributed by atoms with Crippen molar-refractivity contribution >= 4 is 24.5 Å². The first-order valence-corrected chi connectivity index (χ1v) is 11.2. The minimum absolute atomic E-state index is 0. The zero-order chi connectivity index (χ0) is 21.8. The number of nitrogens with zero attached hydrogens (tertiary/aromatic N) is 3. The smallest absolute Gasteiger partial charge is 0.759 e. The molecule has 1 aromatic carbocycles. The van der Waals surface area contributed by atoms with Gasteiger partial charge in [0.1, 0.15) is 28.8 Å². The standard InChI is InChI=1S/C23H28N4O3S.Na/c1-22(2,3)30-21(28)26-20-16-6-4-5-7-17(16)29-23(20)10-14-8-9-15(11-23)27(14)18-12-25-19(31)13-24-18;/h4-7,12-15,20H,8-11H2,1-3H3,(H,25,31)(H,26,28);/q;+1/p-1/t14-,15+,20-,23?;/m1./s1. The van der Waals surface area contributed by atoms with E-state index in [-0.39, 0.29) is 47.7 Å². The predicted molar refractivity (Wildman–Crippen MR) is 118 cm³/mol. The minimum Gasteiger partial charge on any atom is -0.759 e. The Morgan fingerprint density at radius 2 is 1.88 bits per heavy atom. The largest absolute Gasteiger partial charge is 1.00 e. The van der Waals surface area contributed by atoms with Gasteiger partial charge in [-0.05, 0) is 39.7 Å². The Bertz CT molecular complexity index is 983. The fraction of sp³-hybridized carbons (Fsp3) is 0.522. The summed E-state index contributed by atoms with van der Waals surface area (Å²) in [5.74, 6) is 1.70. The summed E-state index contributed by atoms with van der Waals surface area (Å²) >= 11 is 5.10. The van der Waals surface area contributed by atoms with E-state index >= 15 is 0 Å². The molecule has 164 valence electrons. The molecule has 2 saturated heterocycles. The third-order valence-electron chi connectivity index (χ3n) is 6.39. The Balaban J connectivity index is 0.00000245. The molecule has 0 saturated carbocycles. The molecule has 0 aliphatic carbocycles. The zero-order valence-corrected chi connectivity index (χ0v) is 21.8. The Morgan fingerprint density at radius 3 is 2.50 bits per heavy atom. The summed E-state index contributed by atoms with van der Waals surface area (Å²) in [5, 5.41) is 3.64. The molecule has 1 amide bonds. The van der Waals surface area contributed by atoms with Crippen LogP contribution in [0.15, 0.2) is 41.7 Å². The van der Waals surface area contributed by atoms with E-state index in [0.717, 1.165) is 42.8 Å². The Kier molecular flexibility index (Phi) is 6.35. The molecule has 2 aromatic rings. The second kappa shape index (κ2) is 8.63. The molecule has 1 unspecified atom stereocenters. The fourth-order valence-electron chi connectivity index (χ4n) is 5.39.